The van der Waals surface area contributed by atoms with Gasteiger partial charge in [-0.1, -0.05) is 49.2 Å². The standard InChI is InChI=1S/C24H22Cl2N2O2/c1-15(2)10-24(30)22-5-3-4-21(28-22)23(29)9-7-16-6-8-20(27-14-16)17-11-18(25)13-19(26)12-17/h3-6,8,11-15H,7,9-10H2,1-2H3. The summed E-state index contributed by atoms with van der Waals surface area (Å²) in [6.07, 6.45) is 2.99. The maximum absolute atomic E-state index is 12.6. The summed E-state index contributed by atoms with van der Waals surface area (Å²) in [6.45, 7) is 3.96. The van der Waals surface area contributed by atoms with Gasteiger partial charge in [0.1, 0.15) is 11.4 Å². The number of carbonyl (C=O) groups is 2. The van der Waals surface area contributed by atoms with Crippen LogP contribution in [0.5, 0.6) is 0 Å². The van der Waals surface area contributed by atoms with Gasteiger partial charge in [-0.3, -0.25) is 14.6 Å². The third kappa shape index (κ3) is 5.97. The number of benzene rings is 1. The molecule has 3 aromatic rings. The van der Waals surface area contributed by atoms with Crippen molar-refractivity contribution < 1.29 is 9.59 Å². The number of ketones is 2. The second-order valence-corrected chi connectivity index (χ2v) is 8.44. The topological polar surface area (TPSA) is 59.9 Å². The monoisotopic (exact) mass is 440 g/mol. The lowest BCUT2D eigenvalue weighted by atomic mass is 10.0. The highest BCUT2D eigenvalue weighted by molar-refractivity contribution is 6.35. The van der Waals surface area contributed by atoms with E-state index in [-0.39, 0.29) is 17.5 Å². The lowest BCUT2D eigenvalue weighted by molar-refractivity contribution is 0.0962. The molecule has 2 heterocycles. The van der Waals surface area contributed by atoms with E-state index in [0.29, 0.717) is 40.7 Å². The Morgan fingerprint density at radius 1 is 0.933 bits per heavy atom. The fourth-order valence-corrected chi connectivity index (χ4v) is 3.58. The third-order valence-electron chi connectivity index (χ3n) is 4.54. The summed E-state index contributed by atoms with van der Waals surface area (Å²) in [4.78, 5) is 33.5. The number of aromatic nitrogens is 2. The molecule has 0 aliphatic carbocycles. The molecule has 2 aromatic heterocycles. The van der Waals surface area contributed by atoms with Crippen molar-refractivity contribution in [1.29, 1.82) is 0 Å². The fraction of sp³-hybridized carbons (Fsp3) is 0.250. The molecule has 4 nitrogen and oxygen atoms in total. The van der Waals surface area contributed by atoms with Gasteiger partial charge in [0.25, 0.3) is 0 Å². The van der Waals surface area contributed by atoms with E-state index < -0.39 is 0 Å². The first-order valence-electron chi connectivity index (χ1n) is 9.76. The Morgan fingerprint density at radius 3 is 2.20 bits per heavy atom. The molecule has 0 radical (unpaired) electrons. The molecule has 0 saturated heterocycles. The van der Waals surface area contributed by atoms with Gasteiger partial charge in [-0.15, -0.1) is 0 Å². The van der Waals surface area contributed by atoms with Gasteiger partial charge < -0.3 is 0 Å². The number of carbonyl (C=O) groups excluding carboxylic acids is 2. The summed E-state index contributed by atoms with van der Waals surface area (Å²) in [5, 5.41) is 1.10. The lowest BCUT2D eigenvalue weighted by Crippen LogP contribution is -2.10. The number of rotatable bonds is 8. The predicted molar refractivity (Wildman–Crippen MR) is 120 cm³/mol. The zero-order valence-electron chi connectivity index (χ0n) is 16.9. The van der Waals surface area contributed by atoms with Gasteiger partial charge in [-0.2, -0.15) is 0 Å². The molecule has 0 fully saturated rings. The summed E-state index contributed by atoms with van der Waals surface area (Å²) in [5.41, 5.74) is 3.20. The van der Waals surface area contributed by atoms with E-state index in [9.17, 15) is 9.59 Å². The maximum atomic E-state index is 12.6. The van der Waals surface area contributed by atoms with E-state index in [0.717, 1.165) is 16.8 Å². The first-order valence-corrected chi connectivity index (χ1v) is 10.5. The largest absolute Gasteiger partial charge is 0.292 e. The molecule has 154 valence electrons. The van der Waals surface area contributed by atoms with Crippen LogP contribution in [-0.2, 0) is 6.42 Å². The van der Waals surface area contributed by atoms with Gasteiger partial charge in [-0.05, 0) is 54.3 Å². The molecule has 3 rings (SSSR count). The van der Waals surface area contributed by atoms with E-state index in [1.54, 1.807) is 42.6 Å². The summed E-state index contributed by atoms with van der Waals surface area (Å²) in [6, 6.07) is 14.1. The zero-order chi connectivity index (χ0) is 21.7. The summed E-state index contributed by atoms with van der Waals surface area (Å²) >= 11 is 12.1. The van der Waals surface area contributed by atoms with Gasteiger partial charge >= 0.3 is 0 Å². The molecule has 0 N–H and O–H groups in total. The van der Waals surface area contributed by atoms with Crippen molar-refractivity contribution in [3.05, 3.63) is 81.7 Å². The van der Waals surface area contributed by atoms with Gasteiger partial charge in [0.05, 0.1) is 5.69 Å². The number of halogens is 2. The van der Waals surface area contributed by atoms with Crippen molar-refractivity contribution in [3.63, 3.8) is 0 Å². The van der Waals surface area contributed by atoms with Crippen molar-refractivity contribution >= 4 is 34.8 Å². The van der Waals surface area contributed by atoms with Crippen LogP contribution in [0, 0.1) is 5.92 Å². The second kappa shape index (κ2) is 9.96. The van der Waals surface area contributed by atoms with Crippen LogP contribution >= 0.6 is 23.2 Å². The van der Waals surface area contributed by atoms with Gasteiger partial charge in [0.15, 0.2) is 11.6 Å². The fourth-order valence-electron chi connectivity index (χ4n) is 3.05. The second-order valence-electron chi connectivity index (χ2n) is 7.56. The molecule has 1 aromatic carbocycles. The Morgan fingerprint density at radius 2 is 1.60 bits per heavy atom. The van der Waals surface area contributed by atoms with Crippen LogP contribution in [0.3, 0.4) is 0 Å². The summed E-state index contributed by atoms with van der Waals surface area (Å²) < 4.78 is 0. The molecule has 0 aliphatic heterocycles. The van der Waals surface area contributed by atoms with Crippen molar-refractivity contribution in [1.82, 2.24) is 9.97 Å². The molecule has 0 amide bonds. The van der Waals surface area contributed by atoms with E-state index in [2.05, 4.69) is 9.97 Å². The van der Waals surface area contributed by atoms with Crippen molar-refractivity contribution in [2.24, 2.45) is 5.92 Å². The summed E-state index contributed by atoms with van der Waals surface area (Å²) in [5.74, 6) is 0.109. The average molecular weight is 441 g/mol. The molecule has 0 atom stereocenters. The predicted octanol–water partition coefficient (Wildman–Crippen LogP) is 6.49. The van der Waals surface area contributed by atoms with Crippen LogP contribution in [0.2, 0.25) is 10.0 Å². The molecular formula is C24H22Cl2N2O2. The van der Waals surface area contributed by atoms with Crippen molar-refractivity contribution in [2.45, 2.75) is 33.1 Å². The Kier molecular flexibility index (Phi) is 7.35. The Labute approximate surface area is 186 Å². The lowest BCUT2D eigenvalue weighted by Gasteiger charge is -2.06. The van der Waals surface area contributed by atoms with Crippen LogP contribution in [0.4, 0.5) is 0 Å². The zero-order valence-corrected chi connectivity index (χ0v) is 18.4. The SMILES string of the molecule is CC(C)CC(=O)c1cccc(C(=O)CCc2ccc(-c3cc(Cl)cc(Cl)c3)nc2)n1. The van der Waals surface area contributed by atoms with E-state index >= 15 is 0 Å². The van der Waals surface area contributed by atoms with Gasteiger partial charge in [-0.25, -0.2) is 4.98 Å². The highest BCUT2D eigenvalue weighted by Crippen LogP contribution is 2.26. The Bertz CT molecular complexity index is 1040. The first kappa shape index (κ1) is 22.1. The van der Waals surface area contributed by atoms with Gasteiger partial charge in [0.2, 0.25) is 0 Å². The molecule has 6 heteroatoms. The number of hydrogen-bond acceptors (Lipinski definition) is 4. The first-order chi connectivity index (χ1) is 14.3. The Balaban J connectivity index is 1.64. The van der Waals surface area contributed by atoms with Crippen LogP contribution < -0.4 is 0 Å². The minimum atomic E-state index is -0.0973. The van der Waals surface area contributed by atoms with Crippen molar-refractivity contribution in [2.75, 3.05) is 0 Å². The minimum absolute atomic E-state index is 0.0412. The molecule has 0 saturated carbocycles. The smallest absolute Gasteiger partial charge is 0.181 e. The van der Waals surface area contributed by atoms with Crippen LogP contribution in [0.1, 0.15) is 53.2 Å². The average Bonchev–Trinajstić information content (AvgIpc) is 2.71. The van der Waals surface area contributed by atoms with Crippen molar-refractivity contribution in [3.8, 4) is 11.3 Å². The molecule has 0 spiro atoms. The highest BCUT2D eigenvalue weighted by Gasteiger charge is 2.14. The van der Waals surface area contributed by atoms with Crippen LogP contribution in [0.15, 0.2) is 54.7 Å². The maximum Gasteiger partial charge on any atom is 0.181 e. The van der Waals surface area contributed by atoms with E-state index in [1.807, 2.05) is 26.0 Å². The van der Waals surface area contributed by atoms with Crippen LogP contribution in [-0.4, -0.2) is 21.5 Å². The third-order valence-corrected chi connectivity index (χ3v) is 4.97. The molecule has 0 bridgehead atoms. The molecule has 0 aliphatic rings. The van der Waals surface area contributed by atoms with E-state index in [4.69, 9.17) is 23.2 Å². The number of Topliss-reactive ketones (excluding diaryl/α,β-unsaturated/α-hetero) is 2. The number of aryl methyl sites for hydroxylation is 1. The number of nitrogens with zero attached hydrogens (tertiary/aromatic N) is 2. The van der Waals surface area contributed by atoms with Gasteiger partial charge in [0, 0.05) is 34.6 Å². The van der Waals surface area contributed by atoms with E-state index in [1.165, 1.54) is 0 Å². The molecule has 30 heavy (non-hydrogen) atoms. The number of pyridine rings is 2. The Hall–Kier alpha value is -2.56. The number of hydrogen-bond donors (Lipinski definition) is 0. The summed E-state index contributed by atoms with van der Waals surface area (Å²) in [7, 11) is 0. The minimum Gasteiger partial charge on any atom is -0.292 e. The normalized spacial score (nSPS) is 11.0. The highest BCUT2D eigenvalue weighted by atomic mass is 35.5. The quantitative estimate of drug-likeness (QED) is 0.375. The van der Waals surface area contributed by atoms with Crippen LogP contribution in [0.25, 0.3) is 11.3 Å². The molecular weight excluding hydrogens is 419 g/mol. The molecule has 0 unspecified atom stereocenters.